The summed E-state index contributed by atoms with van der Waals surface area (Å²) in [5.74, 6) is -0.0460. The van der Waals surface area contributed by atoms with E-state index in [0.29, 0.717) is 6.04 Å². The highest BCUT2D eigenvalue weighted by molar-refractivity contribution is 8.02. The second-order valence-electron chi connectivity index (χ2n) is 6.45. The largest absolute Gasteiger partial charge is 0.357 e. The molecule has 3 aromatic rings. The Morgan fingerprint density at radius 1 is 1.11 bits per heavy atom. The van der Waals surface area contributed by atoms with Crippen LogP contribution in [0.4, 0.5) is 10.8 Å². The van der Waals surface area contributed by atoms with Crippen molar-refractivity contribution in [3.05, 3.63) is 54.6 Å². The van der Waals surface area contributed by atoms with Gasteiger partial charge in [-0.25, -0.2) is 0 Å². The first-order valence-corrected chi connectivity index (χ1v) is 10.6. The van der Waals surface area contributed by atoms with E-state index in [-0.39, 0.29) is 11.2 Å². The molecule has 1 aliphatic carbocycles. The number of anilines is 2. The molecule has 1 amide bonds. The van der Waals surface area contributed by atoms with Gasteiger partial charge in [-0.3, -0.25) is 4.79 Å². The monoisotopic (exact) mass is 396 g/mol. The van der Waals surface area contributed by atoms with Crippen molar-refractivity contribution in [2.75, 3.05) is 10.6 Å². The molecule has 0 saturated heterocycles. The van der Waals surface area contributed by atoms with Crippen molar-refractivity contribution < 1.29 is 4.79 Å². The summed E-state index contributed by atoms with van der Waals surface area (Å²) in [6.45, 7) is 1.89. The van der Waals surface area contributed by atoms with Crippen LogP contribution < -0.4 is 10.6 Å². The van der Waals surface area contributed by atoms with Gasteiger partial charge in [0.05, 0.1) is 5.25 Å². The first-order chi connectivity index (χ1) is 13.2. The lowest BCUT2D eigenvalue weighted by Gasteiger charge is -2.14. The second-order valence-corrected chi connectivity index (χ2v) is 9.02. The third kappa shape index (κ3) is 4.67. The Hall–Kier alpha value is -2.38. The molecular weight excluding hydrogens is 376 g/mol. The molecule has 27 heavy (non-hydrogen) atoms. The average Bonchev–Trinajstić information content (AvgIpc) is 3.40. The minimum Gasteiger partial charge on any atom is -0.357 e. The topological polar surface area (TPSA) is 66.9 Å². The molecule has 0 bridgehead atoms. The molecule has 4 rings (SSSR count). The van der Waals surface area contributed by atoms with Crippen LogP contribution in [0.2, 0.25) is 0 Å². The minimum absolute atomic E-state index is 0.0460. The maximum Gasteiger partial charge on any atom is 0.237 e. The zero-order chi connectivity index (χ0) is 18.6. The lowest BCUT2D eigenvalue weighted by Crippen LogP contribution is -2.22. The van der Waals surface area contributed by atoms with E-state index in [1.807, 2.05) is 61.5 Å². The van der Waals surface area contributed by atoms with E-state index in [4.69, 9.17) is 0 Å². The predicted molar refractivity (Wildman–Crippen MR) is 112 cm³/mol. The van der Waals surface area contributed by atoms with Crippen LogP contribution in [0.1, 0.15) is 19.8 Å². The number of nitrogens with zero attached hydrogens (tertiary/aromatic N) is 2. The van der Waals surface area contributed by atoms with Gasteiger partial charge in [0.1, 0.15) is 0 Å². The summed E-state index contributed by atoms with van der Waals surface area (Å²) in [6.07, 6.45) is 2.39. The van der Waals surface area contributed by atoms with Gasteiger partial charge in [-0.05, 0) is 31.4 Å². The molecule has 1 aromatic heterocycles. The average molecular weight is 397 g/mol. The Morgan fingerprint density at radius 3 is 2.63 bits per heavy atom. The molecule has 1 heterocycles. The van der Waals surface area contributed by atoms with E-state index in [9.17, 15) is 4.79 Å². The van der Waals surface area contributed by atoms with Crippen LogP contribution >= 0.6 is 23.1 Å². The van der Waals surface area contributed by atoms with Crippen LogP contribution in [0.5, 0.6) is 0 Å². The molecule has 0 spiro atoms. The maximum absolute atomic E-state index is 12.7. The fourth-order valence-corrected chi connectivity index (χ4v) is 4.59. The third-order valence-corrected chi connectivity index (χ3v) is 6.27. The van der Waals surface area contributed by atoms with Crippen LogP contribution in [0, 0.1) is 0 Å². The molecule has 0 unspecified atom stereocenters. The quantitative estimate of drug-likeness (QED) is 0.556. The molecule has 2 aromatic carbocycles. The number of hydrogen-bond acceptors (Lipinski definition) is 6. The van der Waals surface area contributed by atoms with E-state index in [1.165, 1.54) is 35.9 Å². The van der Waals surface area contributed by atoms with Crippen LogP contribution in [-0.4, -0.2) is 27.4 Å². The number of aromatic nitrogens is 2. The van der Waals surface area contributed by atoms with Gasteiger partial charge < -0.3 is 10.6 Å². The number of nitrogens with one attached hydrogen (secondary N) is 2. The Morgan fingerprint density at radius 2 is 1.85 bits per heavy atom. The molecule has 138 valence electrons. The Bertz CT molecular complexity index is 924. The van der Waals surface area contributed by atoms with Crippen molar-refractivity contribution in [1.29, 1.82) is 0 Å². The zero-order valence-corrected chi connectivity index (χ0v) is 16.5. The lowest BCUT2D eigenvalue weighted by atomic mass is 10.0. The smallest absolute Gasteiger partial charge is 0.237 e. The number of carbonyl (C=O) groups excluding carboxylic acids is 1. The first-order valence-electron chi connectivity index (χ1n) is 8.91. The second kappa shape index (κ2) is 8.10. The summed E-state index contributed by atoms with van der Waals surface area (Å²) in [4.78, 5) is 12.7. The number of para-hydroxylation sites is 1. The van der Waals surface area contributed by atoms with E-state index in [1.54, 1.807) is 0 Å². The molecule has 0 aliphatic heterocycles. The fraction of sp³-hybridized carbons (Fsp3) is 0.250. The molecule has 2 N–H and O–H groups in total. The van der Waals surface area contributed by atoms with Gasteiger partial charge >= 0.3 is 0 Å². The minimum atomic E-state index is -0.268. The van der Waals surface area contributed by atoms with E-state index in [2.05, 4.69) is 20.8 Å². The van der Waals surface area contributed by atoms with Crippen molar-refractivity contribution in [3.8, 4) is 11.1 Å². The van der Waals surface area contributed by atoms with Crippen molar-refractivity contribution in [1.82, 2.24) is 10.2 Å². The van der Waals surface area contributed by atoms with Gasteiger partial charge in [0.15, 0.2) is 4.34 Å². The molecule has 1 atom stereocenters. The number of amides is 1. The van der Waals surface area contributed by atoms with Crippen molar-refractivity contribution in [2.24, 2.45) is 0 Å². The Kier molecular flexibility index (Phi) is 5.40. The molecule has 1 saturated carbocycles. The van der Waals surface area contributed by atoms with E-state index < -0.39 is 0 Å². The number of hydrogen-bond donors (Lipinski definition) is 2. The van der Waals surface area contributed by atoms with Gasteiger partial charge in [-0.2, -0.15) is 0 Å². The van der Waals surface area contributed by atoms with Crippen LogP contribution in [-0.2, 0) is 4.79 Å². The van der Waals surface area contributed by atoms with Gasteiger partial charge in [-0.1, -0.05) is 71.6 Å². The van der Waals surface area contributed by atoms with E-state index in [0.717, 1.165) is 26.3 Å². The number of thioether (sulfide) groups is 1. The Labute approximate surface area is 166 Å². The van der Waals surface area contributed by atoms with Gasteiger partial charge in [-0.15, -0.1) is 10.2 Å². The summed E-state index contributed by atoms with van der Waals surface area (Å²) >= 11 is 2.94. The maximum atomic E-state index is 12.7. The SMILES string of the molecule is C[C@@H](Sc1nnc(NC2CC2)s1)C(=O)Nc1ccccc1-c1ccccc1. The molecule has 0 radical (unpaired) electrons. The summed E-state index contributed by atoms with van der Waals surface area (Å²) in [7, 11) is 0. The van der Waals surface area contributed by atoms with Crippen LogP contribution in [0.25, 0.3) is 11.1 Å². The molecule has 1 fully saturated rings. The fourth-order valence-electron chi connectivity index (χ4n) is 2.62. The van der Waals surface area contributed by atoms with Crippen molar-refractivity contribution in [3.63, 3.8) is 0 Å². The first kappa shape index (κ1) is 18.0. The van der Waals surface area contributed by atoms with Crippen LogP contribution in [0.15, 0.2) is 58.9 Å². The highest BCUT2D eigenvalue weighted by Crippen LogP contribution is 2.33. The molecule has 1 aliphatic rings. The standard InChI is InChI=1S/C20H20N4OS2/c1-13(26-20-24-23-19(27-20)21-15-11-12-15)18(25)22-17-10-6-5-9-16(17)14-7-3-2-4-8-14/h2-10,13,15H,11-12H2,1H3,(H,21,23)(H,22,25)/t13-/m1/s1. The van der Waals surface area contributed by atoms with Gasteiger partial charge in [0, 0.05) is 17.3 Å². The summed E-state index contributed by atoms with van der Waals surface area (Å²) < 4.78 is 0.803. The highest BCUT2D eigenvalue weighted by atomic mass is 32.2. The highest BCUT2D eigenvalue weighted by Gasteiger charge is 2.23. The third-order valence-electron chi connectivity index (χ3n) is 4.23. The molecular formula is C20H20N4OS2. The number of benzene rings is 2. The number of rotatable bonds is 7. The molecule has 7 heteroatoms. The predicted octanol–water partition coefficient (Wildman–Crippen LogP) is 4.90. The van der Waals surface area contributed by atoms with Gasteiger partial charge in [0.2, 0.25) is 11.0 Å². The van der Waals surface area contributed by atoms with Crippen molar-refractivity contribution in [2.45, 2.75) is 35.4 Å². The summed E-state index contributed by atoms with van der Waals surface area (Å²) in [5.41, 5.74) is 2.90. The van der Waals surface area contributed by atoms with E-state index >= 15 is 0 Å². The molecule has 5 nitrogen and oxygen atoms in total. The Balaban J connectivity index is 1.42. The van der Waals surface area contributed by atoms with Crippen LogP contribution in [0.3, 0.4) is 0 Å². The normalized spacial score (nSPS) is 14.6. The summed E-state index contributed by atoms with van der Waals surface area (Å²) in [5, 5.41) is 15.3. The zero-order valence-electron chi connectivity index (χ0n) is 14.9. The lowest BCUT2D eigenvalue weighted by molar-refractivity contribution is -0.115. The number of carbonyl (C=O) groups is 1. The van der Waals surface area contributed by atoms with Gasteiger partial charge in [0.25, 0.3) is 0 Å². The summed E-state index contributed by atoms with van der Waals surface area (Å²) in [6, 6.07) is 18.5. The van der Waals surface area contributed by atoms with Crippen molar-refractivity contribution >= 4 is 39.8 Å².